The number of amides is 1. The van der Waals surface area contributed by atoms with E-state index in [4.69, 9.17) is 8.94 Å². The minimum Gasteiger partial charge on any atom is -0.444 e. The van der Waals surface area contributed by atoms with Gasteiger partial charge in [0.2, 0.25) is 17.7 Å². The van der Waals surface area contributed by atoms with Gasteiger partial charge in [-0.2, -0.15) is 4.98 Å². The van der Waals surface area contributed by atoms with Crippen LogP contribution in [0.1, 0.15) is 56.5 Å². The van der Waals surface area contributed by atoms with Crippen molar-refractivity contribution >= 4 is 5.91 Å². The summed E-state index contributed by atoms with van der Waals surface area (Å²) in [6, 6.07) is 0.135. The first-order valence-corrected chi connectivity index (χ1v) is 8.65. The van der Waals surface area contributed by atoms with Gasteiger partial charge in [-0.25, -0.2) is 4.98 Å². The van der Waals surface area contributed by atoms with Gasteiger partial charge in [0.25, 0.3) is 0 Å². The first-order valence-electron chi connectivity index (χ1n) is 8.65. The van der Waals surface area contributed by atoms with Gasteiger partial charge in [0.05, 0.1) is 19.3 Å². The topological polar surface area (TPSA) is 88.5 Å². The molecule has 2 aromatic rings. The molecule has 1 aliphatic rings. The summed E-state index contributed by atoms with van der Waals surface area (Å²) >= 11 is 0. The summed E-state index contributed by atoms with van der Waals surface area (Å²) in [6.07, 6.45) is 2.71. The summed E-state index contributed by atoms with van der Waals surface area (Å²) in [4.78, 5) is 24.7. The zero-order chi connectivity index (χ0) is 18.0. The van der Waals surface area contributed by atoms with Gasteiger partial charge in [0, 0.05) is 38.9 Å². The third kappa shape index (κ3) is 4.25. The molecule has 3 heterocycles. The Morgan fingerprint density at radius 1 is 1.48 bits per heavy atom. The second kappa shape index (κ2) is 7.35. The van der Waals surface area contributed by atoms with Crippen molar-refractivity contribution in [1.82, 2.24) is 24.9 Å². The molecule has 1 saturated heterocycles. The van der Waals surface area contributed by atoms with Crippen molar-refractivity contribution in [2.45, 2.75) is 59.2 Å². The molecule has 8 heteroatoms. The van der Waals surface area contributed by atoms with Crippen LogP contribution in [0.25, 0.3) is 0 Å². The van der Waals surface area contributed by atoms with Crippen LogP contribution in [0, 0.1) is 6.92 Å². The summed E-state index contributed by atoms with van der Waals surface area (Å²) in [7, 11) is 0. The average molecular weight is 347 g/mol. The number of nitrogens with zero attached hydrogens (tertiary/aromatic N) is 5. The van der Waals surface area contributed by atoms with E-state index < -0.39 is 0 Å². The van der Waals surface area contributed by atoms with Crippen LogP contribution >= 0.6 is 0 Å². The summed E-state index contributed by atoms with van der Waals surface area (Å²) < 4.78 is 10.8. The third-order valence-electron chi connectivity index (χ3n) is 4.47. The van der Waals surface area contributed by atoms with Gasteiger partial charge < -0.3 is 13.8 Å². The largest absolute Gasteiger partial charge is 0.444 e. The number of likely N-dealkylation sites (tertiary alicyclic amines) is 1. The van der Waals surface area contributed by atoms with Crippen molar-refractivity contribution in [1.29, 1.82) is 0 Å². The maximum atomic E-state index is 12.1. The van der Waals surface area contributed by atoms with Crippen LogP contribution in [0.2, 0.25) is 0 Å². The van der Waals surface area contributed by atoms with Gasteiger partial charge in [0.1, 0.15) is 5.76 Å². The van der Waals surface area contributed by atoms with E-state index in [-0.39, 0.29) is 11.9 Å². The Balaban J connectivity index is 1.60. The number of hydrogen-bond acceptors (Lipinski definition) is 7. The van der Waals surface area contributed by atoms with Crippen molar-refractivity contribution in [3.63, 3.8) is 0 Å². The lowest BCUT2D eigenvalue weighted by atomic mass is 10.2. The van der Waals surface area contributed by atoms with Crippen LogP contribution in [-0.4, -0.2) is 50.0 Å². The van der Waals surface area contributed by atoms with E-state index in [1.165, 1.54) is 0 Å². The number of rotatable bonds is 6. The Kier molecular flexibility index (Phi) is 5.17. The van der Waals surface area contributed by atoms with E-state index in [1.54, 1.807) is 20.0 Å². The van der Waals surface area contributed by atoms with Gasteiger partial charge in [0.15, 0.2) is 5.82 Å². The Morgan fingerprint density at radius 2 is 2.28 bits per heavy atom. The maximum absolute atomic E-state index is 12.1. The molecule has 0 radical (unpaired) electrons. The summed E-state index contributed by atoms with van der Waals surface area (Å²) in [5, 5.41) is 3.90. The van der Waals surface area contributed by atoms with Crippen molar-refractivity contribution in [3.05, 3.63) is 29.6 Å². The molecule has 0 spiro atoms. The molecule has 0 bridgehead atoms. The van der Waals surface area contributed by atoms with Crippen LogP contribution in [0.5, 0.6) is 0 Å². The van der Waals surface area contributed by atoms with Crippen LogP contribution < -0.4 is 0 Å². The second-order valence-electron chi connectivity index (χ2n) is 6.87. The van der Waals surface area contributed by atoms with Crippen LogP contribution in [-0.2, 0) is 17.9 Å². The van der Waals surface area contributed by atoms with Crippen LogP contribution in [0.4, 0.5) is 0 Å². The standard InChI is InChI=1S/C17H25N5O3/c1-11(2)15-7-18-17(24-15)10-21-6-5-14(8-21)22(13(4)23)9-16-19-12(3)25-20-16/h7,11,14H,5-6,8-10H2,1-4H3/t14-/m0/s1. The first kappa shape index (κ1) is 17.6. The van der Waals surface area contributed by atoms with E-state index in [0.717, 1.165) is 31.2 Å². The van der Waals surface area contributed by atoms with E-state index in [2.05, 4.69) is 33.9 Å². The maximum Gasteiger partial charge on any atom is 0.223 e. The Morgan fingerprint density at radius 3 is 2.88 bits per heavy atom. The zero-order valence-electron chi connectivity index (χ0n) is 15.2. The van der Waals surface area contributed by atoms with Crippen LogP contribution in [0.3, 0.4) is 0 Å². The SMILES string of the molecule is CC(=O)N(Cc1noc(C)n1)[C@H]1CCN(Cc2ncc(C(C)C)o2)C1. The highest BCUT2D eigenvalue weighted by molar-refractivity contribution is 5.73. The molecule has 1 aliphatic heterocycles. The van der Waals surface area contributed by atoms with Gasteiger partial charge in [-0.1, -0.05) is 19.0 Å². The van der Waals surface area contributed by atoms with Crippen molar-refractivity contribution in [2.24, 2.45) is 0 Å². The van der Waals surface area contributed by atoms with E-state index in [1.807, 2.05) is 4.90 Å². The molecule has 0 aliphatic carbocycles. The van der Waals surface area contributed by atoms with Gasteiger partial charge in [-0.05, 0) is 6.42 Å². The van der Waals surface area contributed by atoms with Crippen molar-refractivity contribution in [2.75, 3.05) is 13.1 Å². The fourth-order valence-corrected chi connectivity index (χ4v) is 3.12. The normalized spacial score (nSPS) is 18.2. The molecule has 2 aromatic heterocycles. The Bertz CT molecular complexity index is 723. The lowest BCUT2D eigenvalue weighted by Gasteiger charge is -2.26. The monoisotopic (exact) mass is 347 g/mol. The lowest BCUT2D eigenvalue weighted by Crippen LogP contribution is -2.40. The highest BCUT2D eigenvalue weighted by atomic mass is 16.5. The molecule has 1 amide bonds. The minimum absolute atomic E-state index is 0.0209. The molecule has 0 saturated carbocycles. The number of carbonyl (C=O) groups is 1. The van der Waals surface area contributed by atoms with Crippen molar-refractivity contribution in [3.8, 4) is 0 Å². The smallest absolute Gasteiger partial charge is 0.223 e. The Labute approximate surface area is 147 Å². The fraction of sp³-hybridized carbons (Fsp3) is 0.647. The number of carbonyl (C=O) groups excluding carboxylic acids is 1. The summed E-state index contributed by atoms with van der Waals surface area (Å²) in [5.41, 5.74) is 0. The van der Waals surface area contributed by atoms with E-state index >= 15 is 0 Å². The molecule has 3 rings (SSSR count). The lowest BCUT2D eigenvalue weighted by molar-refractivity contribution is -0.131. The molecule has 1 atom stereocenters. The molecule has 1 fully saturated rings. The molecule has 25 heavy (non-hydrogen) atoms. The quantitative estimate of drug-likeness (QED) is 0.790. The number of oxazole rings is 1. The predicted molar refractivity (Wildman–Crippen MR) is 89.5 cm³/mol. The summed E-state index contributed by atoms with van der Waals surface area (Å²) in [6.45, 7) is 10.2. The molecular weight excluding hydrogens is 322 g/mol. The summed E-state index contributed by atoms with van der Waals surface area (Å²) in [5.74, 6) is 3.04. The zero-order valence-corrected chi connectivity index (χ0v) is 15.2. The number of aromatic nitrogens is 3. The van der Waals surface area contributed by atoms with Gasteiger partial charge in [-0.3, -0.25) is 9.69 Å². The van der Waals surface area contributed by atoms with Gasteiger partial charge >= 0.3 is 0 Å². The highest BCUT2D eigenvalue weighted by Crippen LogP contribution is 2.21. The molecule has 0 aromatic carbocycles. The molecule has 0 unspecified atom stereocenters. The van der Waals surface area contributed by atoms with E-state index in [9.17, 15) is 4.79 Å². The number of aryl methyl sites for hydroxylation is 1. The van der Waals surface area contributed by atoms with E-state index in [0.29, 0.717) is 30.7 Å². The fourth-order valence-electron chi connectivity index (χ4n) is 3.12. The average Bonchev–Trinajstić information content (AvgIpc) is 3.26. The molecule has 136 valence electrons. The molecular formula is C17H25N5O3. The highest BCUT2D eigenvalue weighted by Gasteiger charge is 2.31. The molecule has 0 N–H and O–H groups in total. The second-order valence-corrected chi connectivity index (χ2v) is 6.87. The van der Waals surface area contributed by atoms with Gasteiger partial charge in [-0.15, -0.1) is 0 Å². The Hall–Kier alpha value is -2.22. The van der Waals surface area contributed by atoms with Crippen molar-refractivity contribution < 1.29 is 13.7 Å². The van der Waals surface area contributed by atoms with Crippen LogP contribution in [0.15, 0.2) is 15.1 Å². The predicted octanol–water partition coefficient (Wildman–Crippen LogP) is 2.11. The number of hydrogen-bond donors (Lipinski definition) is 0. The minimum atomic E-state index is 0.0209. The first-order chi connectivity index (χ1) is 11.9. The molecule has 8 nitrogen and oxygen atoms in total. The third-order valence-corrected chi connectivity index (χ3v) is 4.47.